The van der Waals surface area contributed by atoms with Crippen molar-refractivity contribution in [1.82, 2.24) is 10.2 Å². The Morgan fingerprint density at radius 3 is 3.00 bits per heavy atom. The zero-order valence-electron chi connectivity index (χ0n) is 10.2. The van der Waals surface area contributed by atoms with E-state index < -0.39 is 0 Å². The Morgan fingerprint density at radius 2 is 2.24 bits per heavy atom. The molecule has 0 amide bonds. The molecule has 0 atom stereocenters. The molecule has 0 saturated carbocycles. The maximum absolute atomic E-state index is 5.24. The number of ether oxygens (including phenoxy) is 1. The van der Waals surface area contributed by atoms with Gasteiger partial charge in [-0.05, 0) is 53.1 Å². The molecule has 3 nitrogen and oxygen atoms in total. The Kier molecular flexibility index (Phi) is 4.83. The fourth-order valence-electron chi connectivity index (χ4n) is 2.13. The first-order chi connectivity index (χ1) is 8.29. The van der Waals surface area contributed by atoms with E-state index in [-0.39, 0.29) is 0 Å². The number of halogens is 1. The molecule has 4 heteroatoms. The minimum atomic E-state index is 0.895. The highest BCUT2D eigenvalue weighted by Gasteiger charge is 2.10. The topological polar surface area (TPSA) is 24.5 Å². The molecule has 2 rings (SSSR count). The number of benzene rings is 1. The summed E-state index contributed by atoms with van der Waals surface area (Å²) < 4.78 is 6.27. The van der Waals surface area contributed by atoms with E-state index in [1.807, 2.05) is 6.07 Å². The van der Waals surface area contributed by atoms with Gasteiger partial charge in [-0.25, -0.2) is 0 Å². The molecule has 0 bridgehead atoms. The monoisotopic (exact) mass is 298 g/mol. The van der Waals surface area contributed by atoms with Crippen LogP contribution in [0.4, 0.5) is 0 Å². The number of methoxy groups -OCH3 is 1. The van der Waals surface area contributed by atoms with Gasteiger partial charge in [0.1, 0.15) is 5.75 Å². The lowest BCUT2D eigenvalue weighted by atomic mass is 10.2. The van der Waals surface area contributed by atoms with Gasteiger partial charge in [0.05, 0.1) is 11.6 Å². The molecule has 0 unspecified atom stereocenters. The second-order valence-corrected chi connectivity index (χ2v) is 5.20. The average Bonchev–Trinajstić information content (AvgIpc) is 2.58. The zero-order valence-corrected chi connectivity index (χ0v) is 11.8. The van der Waals surface area contributed by atoms with Crippen molar-refractivity contribution in [3.63, 3.8) is 0 Å². The summed E-state index contributed by atoms with van der Waals surface area (Å²) in [4.78, 5) is 2.49. The van der Waals surface area contributed by atoms with Crippen LogP contribution in [0.5, 0.6) is 5.75 Å². The molecule has 1 saturated heterocycles. The molecule has 1 aromatic rings. The molecular weight excluding hydrogens is 280 g/mol. The molecule has 1 fully saturated rings. The molecule has 0 aliphatic carbocycles. The van der Waals surface area contributed by atoms with Gasteiger partial charge in [-0.15, -0.1) is 0 Å². The van der Waals surface area contributed by atoms with Crippen LogP contribution >= 0.6 is 15.9 Å². The Morgan fingerprint density at radius 1 is 1.35 bits per heavy atom. The maximum Gasteiger partial charge on any atom is 0.133 e. The zero-order chi connectivity index (χ0) is 12.1. The van der Waals surface area contributed by atoms with E-state index >= 15 is 0 Å². The molecule has 1 heterocycles. The number of nitrogens with zero attached hydrogens (tertiary/aromatic N) is 1. The first kappa shape index (κ1) is 12.9. The van der Waals surface area contributed by atoms with Crippen molar-refractivity contribution >= 4 is 15.9 Å². The summed E-state index contributed by atoms with van der Waals surface area (Å²) in [7, 11) is 1.69. The molecule has 17 heavy (non-hydrogen) atoms. The largest absolute Gasteiger partial charge is 0.496 e. The van der Waals surface area contributed by atoms with Crippen LogP contribution in [0.15, 0.2) is 22.7 Å². The number of hydrogen-bond acceptors (Lipinski definition) is 3. The third-order valence-electron chi connectivity index (χ3n) is 3.06. The smallest absolute Gasteiger partial charge is 0.133 e. The van der Waals surface area contributed by atoms with E-state index in [1.165, 1.54) is 18.5 Å². The van der Waals surface area contributed by atoms with Crippen molar-refractivity contribution in [2.45, 2.75) is 13.0 Å². The van der Waals surface area contributed by atoms with Crippen LogP contribution in [0.3, 0.4) is 0 Å². The van der Waals surface area contributed by atoms with Crippen molar-refractivity contribution < 1.29 is 4.74 Å². The van der Waals surface area contributed by atoms with E-state index in [0.717, 1.165) is 36.4 Å². The minimum Gasteiger partial charge on any atom is -0.496 e. The normalized spacial score (nSPS) is 17.8. The van der Waals surface area contributed by atoms with Crippen LogP contribution in [-0.4, -0.2) is 38.2 Å². The molecule has 1 aliphatic heterocycles. The summed E-state index contributed by atoms with van der Waals surface area (Å²) in [5.74, 6) is 0.895. The predicted molar refractivity (Wildman–Crippen MR) is 73.5 cm³/mol. The highest BCUT2D eigenvalue weighted by atomic mass is 79.9. The summed E-state index contributed by atoms with van der Waals surface area (Å²) in [5.41, 5.74) is 1.33. The van der Waals surface area contributed by atoms with E-state index in [4.69, 9.17) is 4.74 Å². The number of rotatable bonds is 3. The second-order valence-electron chi connectivity index (χ2n) is 4.35. The van der Waals surface area contributed by atoms with Crippen molar-refractivity contribution in [1.29, 1.82) is 0 Å². The molecule has 0 aromatic heterocycles. The molecular formula is C13H19BrN2O. The van der Waals surface area contributed by atoms with Gasteiger partial charge in [0.25, 0.3) is 0 Å². The SMILES string of the molecule is COc1ccc(CN2CCCNCC2)cc1Br. The highest BCUT2D eigenvalue weighted by molar-refractivity contribution is 9.10. The number of nitrogens with one attached hydrogen (secondary N) is 1. The minimum absolute atomic E-state index is 0.895. The van der Waals surface area contributed by atoms with Crippen LogP contribution in [-0.2, 0) is 6.54 Å². The lowest BCUT2D eigenvalue weighted by Gasteiger charge is -2.19. The first-order valence-electron chi connectivity index (χ1n) is 6.05. The van der Waals surface area contributed by atoms with Gasteiger partial charge in [0.2, 0.25) is 0 Å². The van der Waals surface area contributed by atoms with Gasteiger partial charge in [-0.1, -0.05) is 6.07 Å². The predicted octanol–water partition coefficient (Wildman–Crippen LogP) is 2.25. The maximum atomic E-state index is 5.24. The fraction of sp³-hybridized carbons (Fsp3) is 0.538. The molecule has 1 aromatic carbocycles. The van der Waals surface area contributed by atoms with Gasteiger partial charge in [-0.2, -0.15) is 0 Å². The van der Waals surface area contributed by atoms with Gasteiger partial charge in [-0.3, -0.25) is 4.90 Å². The van der Waals surface area contributed by atoms with Gasteiger partial charge < -0.3 is 10.1 Å². The summed E-state index contributed by atoms with van der Waals surface area (Å²) in [6, 6.07) is 6.31. The van der Waals surface area contributed by atoms with Gasteiger partial charge in [0, 0.05) is 19.6 Å². The Bertz CT molecular complexity index is 362. The van der Waals surface area contributed by atoms with Crippen molar-refractivity contribution in [2.24, 2.45) is 0 Å². The Hall–Kier alpha value is -0.580. The second kappa shape index (κ2) is 6.38. The quantitative estimate of drug-likeness (QED) is 0.926. The molecule has 0 radical (unpaired) electrons. The summed E-state index contributed by atoms with van der Waals surface area (Å²) >= 11 is 3.53. The average molecular weight is 299 g/mol. The summed E-state index contributed by atoms with van der Waals surface area (Å²) in [6.07, 6.45) is 1.23. The standard InChI is InChI=1S/C13H19BrN2O/c1-17-13-4-3-11(9-12(13)14)10-16-7-2-5-15-6-8-16/h3-4,9,15H,2,5-8,10H2,1H3. The third kappa shape index (κ3) is 3.69. The molecule has 94 valence electrons. The lowest BCUT2D eigenvalue weighted by Crippen LogP contribution is -2.27. The Balaban J connectivity index is 1.99. The molecule has 0 spiro atoms. The van der Waals surface area contributed by atoms with E-state index in [2.05, 4.69) is 38.3 Å². The lowest BCUT2D eigenvalue weighted by molar-refractivity contribution is 0.284. The van der Waals surface area contributed by atoms with Crippen molar-refractivity contribution in [2.75, 3.05) is 33.3 Å². The van der Waals surface area contributed by atoms with Crippen LogP contribution in [0.2, 0.25) is 0 Å². The van der Waals surface area contributed by atoms with E-state index in [0.29, 0.717) is 0 Å². The summed E-state index contributed by atoms with van der Waals surface area (Å²) in [6.45, 7) is 5.56. The first-order valence-corrected chi connectivity index (χ1v) is 6.84. The molecule has 1 N–H and O–H groups in total. The number of hydrogen-bond donors (Lipinski definition) is 1. The third-order valence-corrected chi connectivity index (χ3v) is 3.67. The summed E-state index contributed by atoms with van der Waals surface area (Å²) in [5, 5.41) is 3.42. The van der Waals surface area contributed by atoms with Crippen LogP contribution in [0.25, 0.3) is 0 Å². The highest BCUT2D eigenvalue weighted by Crippen LogP contribution is 2.26. The molecule has 1 aliphatic rings. The van der Waals surface area contributed by atoms with Crippen LogP contribution < -0.4 is 10.1 Å². The Labute approximate surface area is 111 Å². The van der Waals surface area contributed by atoms with E-state index in [1.54, 1.807) is 7.11 Å². The van der Waals surface area contributed by atoms with E-state index in [9.17, 15) is 0 Å². The fourth-order valence-corrected chi connectivity index (χ4v) is 2.71. The van der Waals surface area contributed by atoms with Gasteiger partial charge >= 0.3 is 0 Å². The van der Waals surface area contributed by atoms with Crippen LogP contribution in [0.1, 0.15) is 12.0 Å². The van der Waals surface area contributed by atoms with Crippen molar-refractivity contribution in [3.05, 3.63) is 28.2 Å². The van der Waals surface area contributed by atoms with Crippen LogP contribution in [0, 0.1) is 0 Å². The van der Waals surface area contributed by atoms with Crippen molar-refractivity contribution in [3.8, 4) is 5.75 Å². The van der Waals surface area contributed by atoms with Gasteiger partial charge in [0.15, 0.2) is 0 Å².